The normalized spacial score (nSPS) is 20.1. The van der Waals surface area contributed by atoms with Crippen molar-refractivity contribution in [1.82, 2.24) is 20.0 Å². The Morgan fingerprint density at radius 1 is 1.37 bits per heavy atom. The highest BCUT2D eigenvalue weighted by Crippen LogP contribution is 2.26. The number of amides is 1. The maximum atomic E-state index is 13.9. The zero-order valence-corrected chi connectivity index (χ0v) is 15.3. The fourth-order valence-electron chi connectivity index (χ4n) is 3.55. The number of nitrogens with one attached hydrogen (secondary N) is 1. The van der Waals surface area contributed by atoms with Gasteiger partial charge in [-0.1, -0.05) is 0 Å². The van der Waals surface area contributed by atoms with Gasteiger partial charge in [0.1, 0.15) is 11.9 Å². The molecule has 1 N–H and O–H groups in total. The summed E-state index contributed by atoms with van der Waals surface area (Å²) in [4.78, 5) is 14.6. The van der Waals surface area contributed by atoms with E-state index in [2.05, 4.69) is 10.4 Å². The molecule has 8 heteroatoms. The molecule has 0 saturated carbocycles. The number of aromatic nitrogens is 2. The van der Waals surface area contributed by atoms with Gasteiger partial charge in [0.15, 0.2) is 5.69 Å². The molecule has 1 saturated heterocycles. The van der Waals surface area contributed by atoms with E-state index in [9.17, 15) is 9.18 Å². The summed E-state index contributed by atoms with van der Waals surface area (Å²) in [6.07, 6.45) is -0.401. The van der Waals surface area contributed by atoms with E-state index >= 15 is 0 Å². The first-order chi connectivity index (χ1) is 13.2. The van der Waals surface area contributed by atoms with E-state index in [4.69, 9.17) is 9.47 Å². The summed E-state index contributed by atoms with van der Waals surface area (Å²) in [5.41, 5.74) is 2.98. The van der Waals surface area contributed by atoms with E-state index in [1.165, 1.54) is 0 Å². The quantitative estimate of drug-likeness (QED) is 0.878. The van der Waals surface area contributed by atoms with E-state index in [0.29, 0.717) is 38.4 Å². The largest absolute Gasteiger partial charge is 0.497 e. The Bertz CT molecular complexity index is 821. The Morgan fingerprint density at radius 2 is 2.19 bits per heavy atom. The number of carbonyl (C=O) groups is 1. The predicted octanol–water partition coefficient (Wildman–Crippen LogP) is 1.34. The number of fused-ring (bicyclic) bond motifs is 1. The Hall–Kier alpha value is -2.45. The molecule has 2 aliphatic rings. The Labute approximate surface area is 157 Å². The molecule has 1 fully saturated rings. The van der Waals surface area contributed by atoms with Gasteiger partial charge in [-0.25, -0.2) is 9.07 Å². The summed E-state index contributed by atoms with van der Waals surface area (Å²) in [7, 11) is 1.62. The third kappa shape index (κ3) is 3.54. The lowest BCUT2D eigenvalue weighted by Gasteiger charge is -2.21. The van der Waals surface area contributed by atoms with E-state index < -0.39 is 6.17 Å². The summed E-state index contributed by atoms with van der Waals surface area (Å²) < 4.78 is 26.5. The van der Waals surface area contributed by atoms with Crippen molar-refractivity contribution in [2.24, 2.45) is 0 Å². The van der Waals surface area contributed by atoms with Crippen LogP contribution < -0.4 is 10.1 Å². The molecule has 4 rings (SSSR count). The molecular formula is C19H23FN4O3. The smallest absolute Gasteiger partial charge is 0.274 e. The first-order valence-electron chi connectivity index (χ1n) is 9.14. The van der Waals surface area contributed by atoms with Crippen molar-refractivity contribution in [3.8, 4) is 11.4 Å². The number of halogens is 1. The van der Waals surface area contributed by atoms with Gasteiger partial charge in [-0.2, -0.15) is 5.10 Å². The van der Waals surface area contributed by atoms with Crippen molar-refractivity contribution >= 4 is 5.91 Å². The number of ether oxygens (including phenoxy) is 2. The van der Waals surface area contributed by atoms with Gasteiger partial charge < -0.3 is 19.7 Å². The van der Waals surface area contributed by atoms with Gasteiger partial charge in [-0.3, -0.25) is 4.79 Å². The number of hydrogen-bond donors (Lipinski definition) is 1. The van der Waals surface area contributed by atoms with Crippen LogP contribution in [0.4, 0.5) is 4.39 Å². The summed E-state index contributed by atoms with van der Waals surface area (Å²) in [6, 6.07) is 7.53. The van der Waals surface area contributed by atoms with E-state index in [1.54, 1.807) is 16.7 Å². The number of rotatable bonds is 3. The van der Waals surface area contributed by atoms with Crippen LogP contribution in [0, 0.1) is 0 Å². The number of benzene rings is 1. The third-order valence-corrected chi connectivity index (χ3v) is 4.97. The van der Waals surface area contributed by atoms with Gasteiger partial charge >= 0.3 is 0 Å². The highest BCUT2D eigenvalue weighted by Gasteiger charge is 2.30. The average molecular weight is 374 g/mol. The lowest BCUT2D eigenvalue weighted by molar-refractivity contribution is 0.0714. The fourth-order valence-corrected chi connectivity index (χ4v) is 3.55. The van der Waals surface area contributed by atoms with Gasteiger partial charge in [-0.15, -0.1) is 0 Å². The Morgan fingerprint density at radius 3 is 2.96 bits per heavy atom. The molecular weight excluding hydrogens is 351 g/mol. The molecule has 0 unspecified atom stereocenters. The number of nitrogens with zero attached hydrogens (tertiary/aromatic N) is 3. The highest BCUT2D eigenvalue weighted by molar-refractivity contribution is 5.94. The van der Waals surface area contributed by atoms with Crippen LogP contribution in [-0.2, 0) is 17.8 Å². The van der Waals surface area contributed by atoms with Crippen molar-refractivity contribution in [2.75, 3.05) is 39.9 Å². The summed E-state index contributed by atoms with van der Waals surface area (Å²) in [5, 5.41) is 7.62. The molecule has 27 heavy (non-hydrogen) atoms. The van der Waals surface area contributed by atoms with Gasteiger partial charge in [0.05, 0.1) is 38.2 Å². The molecule has 1 atom stereocenters. The lowest BCUT2D eigenvalue weighted by Crippen LogP contribution is -2.37. The molecule has 0 bridgehead atoms. The second-order valence-electron chi connectivity index (χ2n) is 6.74. The molecule has 2 aliphatic heterocycles. The second kappa shape index (κ2) is 7.66. The molecule has 1 aromatic carbocycles. The average Bonchev–Trinajstić information content (AvgIpc) is 2.95. The van der Waals surface area contributed by atoms with Crippen LogP contribution in [0.1, 0.15) is 21.7 Å². The molecule has 0 aliphatic carbocycles. The molecule has 144 valence electrons. The number of alkyl halides is 1. The number of methoxy groups -OCH3 is 1. The molecule has 7 nitrogen and oxygen atoms in total. The lowest BCUT2D eigenvalue weighted by atomic mass is 10.1. The maximum Gasteiger partial charge on any atom is 0.274 e. The second-order valence-corrected chi connectivity index (χ2v) is 6.74. The monoisotopic (exact) mass is 374 g/mol. The predicted molar refractivity (Wildman–Crippen MR) is 97.1 cm³/mol. The molecule has 0 spiro atoms. The highest BCUT2D eigenvalue weighted by atomic mass is 19.1. The van der Waals surface area contributed by atoms with Crippen LogP contribution in [-0.4, -0.2) is 66.7 Å². The maximum absolute atomic E-state index is 13.9. The van der Waals surface area contributed by atoms with E-state index in [1.807, 2.05) is 24.3 Å². The third-order valence-electron chi connectivity index (χ3n) is 4.97. The van der Waals surface area contributed by atoms with E-state index in [-0.39, 0.29) is 19.0 Å². The minimum Gasteiger partial charge on any atom is -0.497 e. The summed E-state index contributed by atoms with van der Waals surface area (Å²) >= 11 is 0. The zero-order chi connectivity index (χ0) is 18.8. The topological polar surface area (TPSA) is 68.6 Å². The standard InChI is InChI=1S/C19H23FN4O3/c1-26-15-4-2-14(3-5-15)24-17-6-9-27-12-16(17)18(22-24)19(25)23-8-7-21-10-13(20)11-23/h2-5,13,21H,6-12H2,1H3/t13-/m1/s1. The van der Waals surface area contributed by atoms with Crippen LogP contribution in [0.15, 0.2) is 24.3 Å². The van der Waals surface area contributed by atoms with Crippen LogP contribution in [0.2, 0.25) is 0 Å². The first-order valence-corrected chi connectivity index (χ1v) is 9.14. The molecule has 1 aromatic heterocycles. The molecule has 0 radical (unpaired) electrons. The fraction of sp³-hybridized carbons (Fsp3) is 0.474. The Balaban J connectivity index is 1.70. The van der Waals surface area contributed by atoms with Crippen molar-refractivity contribution in [3.05, 3.63) is 41.2 Å². The summed E-state index contributed by atoms with van der Waals surface area (Å²) in [5.74, 6) is 0.515. The molecule has 2 aromatic rings. The SMILES string of the molecule is COc1ccc(-n2nc(C(=O)N3CCNC[C@@H](F)C3)c3c2CCOC3)cc1. The van der Waals surface area contributed by atoms with Crippen LogP contribution in [0.5, 0.6) is 5.75 Å². The van der Waals surface area contributed by atoms with Crippen molar-refractivity contribution < 1.29 is 18.7 Å². The zero-order valence-electron chi connectivity index (χ0n) is 15.3. The number of hydrogen-bond acceptors (Lipinski definition) is 5. The van der Waals surface area contributed by atoms with Crippen molar-refractivity contribution in [2.45, 2.75) is 19.2 Å². The van der Waals surface area contributed by atoms with Crippen LogP contribution in [0.25, 0.3) is 5.69 Å². The minimum absolute atomic E-state index is 0.0802. The van der Waals surface area contributed by atoms with Crippen molar-refractivity contribution in [3.63, 3.8) is 0 Å². The first kappa shape index (κ1) is 17.9. The van der Waals surface area contributed by atoms with Gasteiger partial charge in [0.2, 0.25) is 0 Å². The van der Waals surface area contributed by atoms with Gasteiger partial charge in [0, 0.05) is 31.6 Å². The van der Waals surface area contributed by atoms with Crippen LogP contribution in [0.3, 0.4) is 0 Å². The number of carbonyl (C=O) groups excluding carboxylic acids is 1. The summed E-state index contributed by atoms with van der Waals surface area (Å²) in [6.45, 7) is 2.32. The minimum atomic E-state index is -1.08. The molecule has 3 heterocycles. The molecule has 1 amide bonds. The van der Waals surface area contributed by atoms with E-state index in [0.717, 1.165) is 22.7 Å². The van der Waals surface area contributed by atoms with Crippen molar-refractivity contribution in [1.29, 1.82) is 0 Å². The Kier molecular flexibility index (Phi) is 5.09. The van der Waals surface area contributed by atoms with Gasteiger partial charge in [0.25, 0.3) is 5.91 Å². The van der Waals surface area contributed by atoms with Crippen LogP contribution >= 0.6 is 0 Å². The van der Waals surface area contributed by atoms with Gasteiger partial charge in [-0.05, 0) is 24.3 Å².